The molecule has 0 aromatic heterocycles. The zero-order chi connectivity index (χ0) is 11.2. The smallest absolute Gasteiger partial charge is 0.329 e. The van der Waals surface area contributed by atoms with Gasteiger partial charge in [-0.15, -0.1) is 0 Å². The van der Waals surface area contributed by atoms with Gasteiger partial charge in [-0.05, 0) is 6.42 Å². The summed E-state index contributed by atoms with van der Waals surface area (Å²) in [6.45, 7) is 1.44. The van der Waals surface area contributed by atoms with Gasteiger partial charge in [-0.1, -0.05) is 26.2 Å². The quantitative estimate of drug-likeness (QED) is 0.526. The Morgan fingerprint density at radius 3 is 2.07 bits per heavy atom. The molecule has 0 saturated carbocycles. The number of hydrogen-bond donors (Lipinski definition) is 1. The van der Waals surface area contributed by atoms with E-state index in [0.717, 1.165) is 12.8 Å². The first kappa shape index (κ1) is 13.6. The van der Waals surface area contributed by atoms with Gasteiger partial charge >= 0.3 is 12.2 Å². The molecule has 2 nitrogen and oxygen atoms in total. The van der Waals surface area contributed by atoms with Crippen molar-refractivity contribution in [2.75, 3.05) is 6.61 Å². The fraction of sp³-hybridized carbons (Fsp3) is 1.00. The van der Waals surface area contributed by atoms with Crippen molar-refractivity contribution < 1.29 is 27.4 Å². The molecule has 6 heteroatoms. The van der Waals surface area contributed by atoms with E-state index in [4.69, 9.17) is 5.11 Å². The summed E-state index contributed by atoms with van der Waals surface area (Å²) in [6.07, 6.45) is -7.24. The van der Waals surface area contributed by atoms with E-state index in [1.165, 1.54) is 0 Å². The van der Waals surface area contributed by atoms with Crippen molar-refractivity contribution in [3.63, 3.8) is 0 Å². The normalized spacial score (nSPS) is 13.3. The minimum Gasteiger partial charge on any atom is -0.329 e. The van der Waals surface area contributed by atoms with E-state index in [0.29, 0.717) is 6.42 Å². The van der Waals surface area contributed by atoms with Gasteiger partial charge in [0.15, 0.2) is 0 Å². The Balaban J connectivity index is 3.67. The highest BCUT2D eigenvalue weighted by atomic mass is 19.3. The second kappa shape index (κ2) is 5.50. The molecule has 86 valence electrons. The maximum absolute atomic E-state index is 12.2. The maximum Gasteiger partial charge on any atom is 0.448 e. The van der Waals surface area contributed by atoms with Crippen molar-refractivity contribution in [3.8, 4) is 0 Å². The van der Waals surface area contributed by atoms with Crippen LogP contribution in [0.15, 0.2) is 0 Å². The van der Waals surface area contributed by atoms with Gasteiger partial charge in [-0.25, -0.2) is 0 Å². The zero-order valence-electron chi connectivity index (χ0n) is 7.90. The first-order chi connectivity index (χ1) is 6.31. The molecule has 0 aliphatic carbocycles. The van der Waals surface area contributed by atoms with Gasteiger partial charge in [-0.3, -0.25) is 0 Å². The summed E-state index contributed by atoms with van der Waals surface area (Å²) in [5.41, 5.74) is 0. The van der Waals surface area contributed by atoms with E-state index in [-0.39, 0.29) is 6.42 Å². The summed E-state index contributed by atoms with van der Waals surface area (Å²) in [5.74, 6) is 0. The van der Waals surface area contributed by atoms with Crippen LogP contribution in [-0.2, 0) is 4.74 Å². The second-order valence-corrected chi connectivity index (χ2v) is 2.97. The van der Waals surface area contributed by atoms with E-state index < -0.39 is 18.8 Å². The lowest BCUT2D eigenvalue weighted by Gasteiger charge is -2.20. The number of halogens is 4. The van der Waals surface area contributed by atoms with E-state index in [9.17, 15) is 17.6 Å². The third-order valence-electron chi connectivity index (χ3n) is 1.63. The number of aliphatic hydroxyl groups is 1. The number of alkyl halides is 4. The summed E-state index contributed by atoms with van der Waals surface area (Å²) in [4.78, 5) is 0. The molecule has 0 aromatic carbocycles. The largest absolute Gasteiger partial charge is 0.448 e. The molecule has 0 atom stereocenters. The Labute approximate surface area is 79.9 Å². The van der Waals surface area contributed by atoms with Crippen LogP contribution in [0, 0.1) is 0 Å². The zero-order valence-corrected chi connectivity index (χ0v) is 7.90. The molecule has 14 heavy (non-hydrogen) atoms. The van der Waals surface area contributed by atoms with Crippen molar-refractivity contribution in [2.24, 2.45) is 0 Å². The Bertz CT molecular complexity index is 156. The highest BCUT2D eigenvalue weighted by Gasteiger charge is 2.57. The fourth-order valence-electron chi connectivity index (χ4n) is 0.816. The Morgan fingerprint density at radius 1 is 1.07 bits per heavy atom. The maximum atomic E-state index is 12.2. The first-order valence-electron chi connectivity index (χ1n) is 4.43. The minimum atomic E-state index is -5.11. The summed E-state index contributed by atoms with van der Waals surface area (Å²) in [5, 5.41) is 7.74. The van der Waals surface area contributed by atoms with Crippen LogP contribution in [-0.4, -0.2) is 23.9 Å². The molecule has 0 heterocycles. The number of ether oxygens (including phenoxy) is 1. The Morgan fingerprint density at radius 2 is 1.64 bits per heavy atom. The highest BCUT2D eigenvalue weighted by molar-refractivity contribution is 4.63. The lowest BCUT2D eigenvalue weighted by molar-refractivity contribution is -0.418. The van der Waals surface area contributed by atoms with Gasteiger partial charge in [0.2, 0.25) is 0 Å². The summed E-state index contributed by atoms with van der Waals surface area (Å²) < 4.78 is 51.6. The van der Waals surface area contributed by atoms with E-state index in [1.807, 2.05) is 6.92 Å². The molecule has 1 N–H and O–H groups in total. The standard InChI is InChI=1S/C8H14F4O2/c1-2-3-4-5-6-14-8(11,12)7(9,10)13/h13H,2-6H2,1H3. The van der Waals surface area contributed by atoms with Crippen LogP contribution < -0.4 is 0 Å². The molecule has 0 spiro atoms. The molecule has 0 amide bonds. The van der Waals surface area contributed by atoms with Crippen LogP contribution in [0.3, 0.4) is 0 Å². The summed E-state index contributed by atoms with van der Waals surface area (Å²) >= 11 is 0. The molecule has 0 aliphatic heterocycles. The number of hydrogen-bond acceptors (Lipinski definition) is 2. The monoisotopic (exact) mass is 218 g/mol. The van der Waals surface area contributed by atoms with Crippen molar-refractivity contribution in [3.05, 3.63) is 0 Å². The van der Waals surface area contributed by atoms with Crippen LogP contribution >= 0.6 is 0 Å². The molecule has 0 unspecified atom stereocenters. The van der Waals surface area contributed by atoms with Crippen LogP contribution in [0.25, 0.3) is 0 Å². The predicted molar refractivity (Wildman–Crippen MR) is 42.2 cm³/mol. The molecular weight excluding hydrogens is 204 g/mol. The van der Waals surface area contributed by atoms with Crippen LogP contribution in [0.4, 0.5) is 17.6 Å². The van der Waals surface area contributed by atoms with Crippen LogP contribution in [0.1, 0.15) is 32.6 Å². The van der Waals surface area contributed by atoms with Gasteiger partial charge in [0.1, 0.15) is 0 Å². The predicted octanol–water partition coefficient (Wildman–Crippen LogP) is 2.76. The van der Waals surface area contributed by atoms with Crippen molar-refractivity contribution in [1.82, 2.24) is 0 Å². The molecular formula is C8H14F4O2. The van der Waals surface area contributed by atoms with Gasteiger partial charge in [-0.2, -0.15) is 17.6 Å². The highest BCUT2D eigenvalue weighted by Crippen LogP contribution is 2.32. The second-order valence-electron chi connectivity index (χ2n) is 2.97. The number of unbranched alkanes of at least 4 members (excludes halogenated alkanes) is 3. The molecule has 0 bridgehead atoms. The SMILES string of the molecule is CCCCCCOC(F)(F)C(O)(F)F. The molecule has 0 radical (unpaired) electrons. The molecule has 0 aliphatic rings. The van der Waals surface area contributed by atoms with Crippen molar-refractivity contribution in [1.29, 1.82) is 0 Å². The minimum absolute atomic E-state index is 0.277. The lowest BCUT2D eigenvalue weighted by Crippen LogP contribution is -2.42. The van der Waals surface area contributed by atoms with E-state index in [2.05, 4.69) is 4.74 Å². The van der Waals surface area contributed by atoms with Crippen molar-refractivity contribution in [2.45, 2.75) is 44.8 Å². The van der Waals surface area contributed by atoms with E-state index in [1.54, 1.807) is 0 Å². The van der Waals surface area contributed by atoms with Crippen LogP contribution in [0.5, 0.6) is 0 Å². The Kier molecular flexibility index (Phi) is 5.36. The molecule has 0 rings (SSSR count). The number of rotatable bonds is 7. The average molecular weight is 218 g/mol. The van der Waals surface area contributed by atoms with Crippen LogP contribution in [0.2, 0.25) is 0 Å². The molecule has 0 aromatic rings. The average Bonchev–Trinajstić information content (AvgIpc) is 2.02. The first-order valence-corrected chi connectivity index (χ1v) is 4.43. The van der Waals surface area contributed by atoms with Gasteiger partial charge < -0.3 is 9.84 Å². The third-order valence-corrected chi connectivity index (χ3v) is 1.63. The van der Waals surface area contributed by atoms with Gasteiger partial charge in [0.05, 0.1) is 6.61 Å². The summed E-state index contributed by atoms with van der Waals surface area (Å²) in [7, 11) is 0. The topological polar surface area (TPSA) is 29.5 Å². The van der Waals surface area contributed by atoms with E-state index >= 15 is 0 Å². The molecule has 0 saturated heterocycles. The Hall–Kier alpha value is -0.360. The lowest BCUT2D eigenvalue weighted by atomic mass is 10.2. The fourth-order valence-corrected chi connectivity index (χ4v) is 0.816. The van der Waals surface area contributed by atoms with Crippen molar-refractivity contribution >= 4 is 0 Å². The third kappa shape index (κ3) is 4.76. The van der Waals surface area contributed by atoms with Gasteiger partial charge in [0, 0.05) is 0 Å². The molecule has 0 fully saturated rings. The summed E-state index contributed by atoms with van der Waals surface area (Å²) in [6, 6.07) is 0. The van der Waals surface area contributed by atoms with Gasteiger partial charge in [0.25, 0.3) is 0 Å².